The molecular weight excluding hydrogens is 260 g/mol. The summed E-state index contributed by atoms with van der Waals surface area (Å²) in [7, 11) is 0. The first-order valence-corrected chi connectivity index (χ1v) is 8.51. The van der Waals surface area contributed by atoms with E-state index in [9.17, 15) is 0 Å². The molecule has 0 saturated carbocycles. The second kappa shape index (κ2) is 7.28. The Kier molecular flexibility index (Phi) is 5.15. The Morgan fingerprint density at radius 2 is 2.24 bits per heavy atom. The topological polar surface area (TPSA) is 24.5 Å². The SMILES string of the molecule is CCCOC1CCCN(CC2CNc3ccccc3C2)C1. The predicted octanol–water partition coefficient (Wildman–Crippen LogP) is 3.16. The van der Waals surface area contributed by atoms with Crippen LogP contribution in [0.15, 0.2) is 24.3 Å². The van der Waals surface area contributed by atoms with Crippen LogP contribution in [0.3, 0.4) is 0 Å². The lowest BCUT2D eigenvalue weighted by molar-refractivity contribution is -0.00351. The standard InChI is InChI=1S/C18H28N2O/c1-2-10-21-17-7-5-9-20(14-17)13-15-11-16-6-3-4-8-18(16)19-12-15/h3-4,6,8,15,17,19H,2,5,7,9-14H2,1H3. The molecule has 21 heavy (non-hydrogen) atoms. The number of nitrogens with zero attached hydrogens (tertiary/aromatic N) is 1. The Labute approximate surface area is 128 Å². The number of hydrogen-bond acceptors (Lipinski definition) is 3. The van der Waals surface area contributed by atoms with E-state index in [0.717, 1.165) is 32.0 Å². The number of nitrogens with one attached hydrogen (secondary N) is 1. The third kappa shape index (κ3) is 3.98. The van der Waals surface area contributed by atoms with Crippen LogP contribution in [-0.2, 0) is 11.2 Å². The molecule has 1 saturated heterocycles. The van der Waals surface area contributed by atoms with E-state index in [1.807, 2.05) is 0 Å². The van der Waals surface area contributed by atoms with Gasteiger partial charge in [-0.15, -0.1) is 0 Å². The molecule has 0 amide bonds. The highest BCUT2D eigenvalue weighted by Crippen LogP contribution is 2.25. The van der Waals surface area contributed by atoms with Crippen LogP contribution in [0, 0.1) is 5.92 Å². The summed E-state index contributed by atoms with van der Waals surface area (Å²) in [5.41, 5.74) is 2.81. The summed E-state index contributed by atoms with van der Waals surface area (Å²) in [6.07, 6.45) is 5.32. The zero-order chi connectivity index (χ0) is 14.5. The van der Waals surface area contributed by atoms with Crippen molar-refractivity contribution in [3.8, 4) is 0 Å². The summed E-state index contributed by atoms with van der Waals surface area (Å²) in [5.74, 6) is 0.727. The van der Waals surface area contributed by atoms with E-state index >= 15 is 0 Å². The van der Waals surface area contributed by atoms with Crippen molar-refractivity contribution in [2.75, 3.05) is 38.1 Å². The number of piperidine rings is 1. The molecule has 0 spiro atoms. The molecule has 2 aliphatic heterocycles. The molecule has 2 atom stereocenters. The van der Waals surface area contributed by atoms with Gasteiger partial charge in [-0.25, -0.2) is 0 Å². The van der Waals surface area contributed by atoms with Crippen molar-refractivity contribution >= 4 is 5.69 Å². The highest BCUT2D eigenvalue weighted by atomic mass is 16.5. The Bertz CT molecular complexity index is 449. The summed E-state index contributed by atoms with van der Waals surface area (Å²) >= 11 is 0. The first-order valence-electron chi connectivity index (χ1n) is 8.51. The highest BCUT2D eigenvalue weighted by molar-refractivity contribution is 5.53. The summed E-state index contributed by atoms with van der Waals surface area (Å²) in [5, 5.41) is 3.59. The molecule has 0 aromatic heterocycles. The van der Waals surface area contributed by atoms with Gasteiger partial charge in [0.2, 0.25) is 0 Å². The summed E-state index contributed by atoms with van der Waals surface area (Å²) in [6.45, 7) is 7.77. The number of hydrogen-bond donors (Lipinski definition) is 1. The Morgan fingerprint density at radius 1 is 1.33 bits per heavy atom. The van der Waals surface area contributed by atoms with Gasteiger partial charge < -0.3 is 15.0 Å². The monoisotopic (exact) mass is 288 g/mol. The number of para-hydroxylation sites is 1. The van der Waals surface area contributed by atoms with Crippen molar-refractivity contribution in [1.82, 2.24) is 4.90 Å². The van der Waals surface area contributed by atoms with Gasteiger partial charge in [0, 0.05) is 31.9 Å². The first-order chi connectivity index (χ1) is 10.3. The molecule has 3 rings (SSSR count). The third-order valence-corrected chi connectivity index (χ3v) is 4.64. The van der Waals surface area contributed by atoms with Gasteiger partial charge in [-0.2, -0.15) is 0 Å². The second-order valence-corrected chi connectivity index (χ2v) is 6.50. The van der Waals surface area contributed by atoms with E-state index in [-0.39, 0.29) is 0 Å². The van der Waals surface area contributed by atoms with E-state index in [4.69, 9.17) is 4.74 Å². The zero-order valence-electron chi connectivity index (χ0n) is 13.2. The van der Waals surface area contributed by atoms with Gasteiger partial charge in [-0.3, -0.25) is 0 Å². The van der Waals surface area contributed by atoms with Crippen molar-refractivity contribution in [1.29, 1.82) is 0 Å². The summed E-state index contributed by atoms with van der Waals surface area (Å²) in [4.78, 5) is 2.62. The van der Waals surface area contributed by atoms with E-state index in [1.165, 1.54) is 43.6 Å². The lowest BCUT2D eigenvalue weighted by atomic mass is 9.93. The molecule has 0 bridgehead atoms. The first kappa shape index (κ1) is 14.9. The minimum atomic E-state index is 0.461. The van der Waals surface area contributed by atoms with Gasteiger partial charge in [0.1, 0.15) is 0 Å². The van der Waals surface area contributed by atoms with E-state index in [1.54, 1.807) is 0 Å². The average Bonchev–Trinajstić information content (AvgIpc) is 2.53. The smallest absolute Gasteiger partial charge is 0.0702 e. The Hall–Kier alpha value is -1.06. The fraction of sp³-hybridized carbons (Fsp3) is 0.667. The maximum absolute atomic E-state index is 5.95. The third-order valence-electron chi connectivity index (χ3n) is 4.64. The van der Waals surface area contributed by atoms with Gasteiger partial charge in [-0.05, 0) is 49.8 Å². The van der Waals surface area contributed by atoms with Crippen LogP contribution >= 0.6 is 0 Å². The minimum absolute atomic E-state index is 0.461. The zero-order valence-corrected chi connectivity index (χ0v) is 13.2. The maximum atomic E-state index is 5.95. The van der Waals surface area contributed by atoms with Gasteiger partial charge in [-0.1, -0.05) is 25.1 Å². The molecule has 1 fully saturated rings. The normalized spacial score (nSPS) is 26.1. The van der Waals surface area contributed by atoms with Crippen LogP contribution in [0.4, 0.5) is 5.69 Å². The molecule has 0 aliphatic carbocycles. The molecule has 116 valence electrons. The van der Waals surface area contributed by atoms with E-state index in [2.05, 4.69) is 41.4 Å². The molecule has 2 aliphatic rings. The van der Waals surface area contributed by atoms with Crippen molar-refractivity contribution in [3.63, 3.8) is 0 Å². The molecule has 1 aromatic rings. The number of rotatable bonds is 5. The fourth-order valence-corrected chi connectivity index (χ4v) is 3.60. The lowest BCUT2D eigenvalue weighted by Crippen LogP contribution is -2.44. The lowest BCUT2D eigenvalue weighted by Gasteiger charge is -2.36. The average molecular weight is 288 g/mol. The molecule has 3 heteroatoms. The van der Waals surface area contributed by atoms with Crippen LogP contribution in [0.1, 0.15) is 31.7 Å². The van der Waals surface area contributed by atoms with Crippen molar-refractivity contribution in [3.05, 3.63) is 29.8 Å². The maximum Gasteiger partial charge on any atom is 0.0702 e. The number of likely N-dealkylation sites (tertiary alicyclic amines) is 1. The predicted molar refractivity (Wildman–Crippen MR) is 87.8 cm³/mol. The van der Waals surface area contributed by atoms with Crippen LogP contribution < -0.4 is 5.32 Å². The molecular formula is C18H28N2O. The minimum Gasteiger partial charge on any atom is -0.384 e. The highest BCUT2D eigenvalue weighted by Gasteiger charge is 2.24. The molecule has 2 unspecified atom stereocenters. The number of ether oxygens (including phenoxy) is 1. The van der Waals surface area contributed by atoms with Gasteiger partial charge in [0.25, 0.3) is 0 Å². The van der Waals surface area contributed by atoms with Gasteiger partial charge >= 0.3 is 0 Å². The molecule has 1 aromatic carbocycles. The Morgan fingerprint density at radius 3 is 3.14 bits per heavy atom. The number of fused-ring (bicyclic) bond motifs is 1. The number of benzene rings is 1. The molecule has 2 heterocycles. The van der Waals surface area contributed by atoms with E-state index in [0.29, 0.717) is 6.10 Å². The molecule has 1 N–H and O–H groups in total. The van der Waals surface area contributed by atoms with Gasteiger partial charge in [0.05, 0.1) is 6.10 Å². The quantitative estimate of drug-likeness (QED) is 0.900. The van der Waals surface area contributed by atoms with E-state index < -0.39 is 0 Å². The van der Waals surface area contributed by atoms with Crippen molar-refractivity contribution in [2.24, 2.45) is 5.92 Å². The van der Waals surface area contributed by atoms with Crippen LogP contribution in [0.5, 0.6) is 0 Å². The summed E-state index contributed by atoms with van der Waals surface area (Å²) in [6, 6.07) is 8.73. The molecule has 0 radical (unpaired) electrons. The van der Waals surface area contributed by atoms with Crippen LogP contribution in [-0.4, -0.2) is 43.8 Å². The van der Waals surface area contributed by atoms with Crippen molar-refractivity contribution in [2.45, 2.75) is 38.7 Å². The summed E-state index contributed by atoms with van der Waals surface area (Å²) < 4.78 is 5.95. The Balaban J connectivity index is 1.50. The fourth-order valence-electron chi connectivity index (χ4n) is 3.60. The van der Waals surface area contributed by atoms with Crippen LogP contribution in [0.25, 0.3) is 0 Å². The number of anilines is 1. The van der Waals surface area contributed by atoms with Gasteiger partial charge in [0.15, 0.2) is 0 Å². The van der Waals surface area contributed by atoms with Crippen LogP contribution in [0.2, 0.25) is 0 Å². The largest absolute Gasteiger partial charge is 0.384 e. The second-order valence-electron chi connectivity index (χ2n) is 6.50. The molecule has 3 nitrogen and oxygen atoms in total. The van der Waals surface area contributed by atoms with Crippen molar-refractivity contribution < 1.29 is 4.74 Å².